The van der Waals surface area contributed by atoms with Crippen LogP contribution < -0.4 is 19.5 Å². The molecular weight excluding hydrogens is 887 g/mol. The number of ketones is 2. The Bertz CT molecular complexity index is 2560. The number of rotatable bonds is 15. The molecule has 4 bridgehead atoms. The summed E-state index contributed by atoms with van der Waals surface area (Å²) in [5, 5.41) is 45.6. The molecule has 2 saturated heterocycles. The number of aliphatic hydroxyl groups excluding tert-OH is 4. The summed E-state index contributed by atoms with van der Waals surface area (Å²) in [6, 6.07) is 8.17. The fourth-order valence-corrected chi connectivity index (χ4v) is 10.8. The van der Waals surface area contributed by atoms with Crippen molar-refractivity contribution >= 4 is 29.5 Å². The van der Waals surface area contributed by atoms with E-state index in [1.54, 1.807) is 25.2 Å². The van der Waals surface area contributed by atoms with E-state index in [2.05, 4.69) is 11.4 Å². The Morgan fingerprint density at radius 3 is 2.32 bits per heavy atom. The first-order chi connectivity index (χ1) is 32.6. The smallest absolute Gasteiger partial charge is 0.328 e. The number of esters is 1. The van der Waals surface area contributed by atoms with E-state index in [0.717, 1.165) is 16.7 Å². The van der Waals surface area contributed by atoms with Crippen LogP contribution >= 0.6 is 0 Å². The first-order valence-electron chi connectivity index (χ1n) is 23.8. The summed E-state index contributed by atoms with van der Waals surface area (Å²) in [6.45, 7) is 16.0. The van der Waals surface area contributed by atoms with Gasteiger partial charge in [0.25, 0.3) is 0 Å². The Hall–Kier alpha value is -5.42. The van der Waals surface area contributed by atoms with Gasteiger partial charge in [0.15, 0.2) is 22.8 Å². The number of nitrogens with one attached hydrogen (secondary N) is 1. The molecule has 1 amide bonds. The molecule has 9 rings (SSSR count). The molecule has 6 unspecified atom stereocenters. The second kappa shape index (κ2) is 18.7. The van der Waals surface area contributed by atoms with E-state index < -0.39 is 95.3 Å². The van der Waals surface area contributed by atoms with Crippen LogP contribution in [0.25, 0.3) is 6.08 Å². The lowest BCUT2D eigenvalue weighted by Gasteiger charge is -2.56. The van der Waals surface area contributed by atoms with Gasteiger partial charge in [-0.3, -0.25) is 14.4 Å². The number of benzene rings is 2. The van der Waals surface area contributed by atoms with E-state index in [0.29, 0.717) is 36.1 Å². The maximum atomic E-state index is 15.8. The van der Waals surface area contributed by atoms with Crippen molar-refractivity contribution in [1.82, 2.24) is 5.32 Å². The van der Waals surface area contributed by atoms with Crippen LogP contribution in [0.3, 0.4) is 0 Å². The summed E-state index contributed by atoms with van der Waals surface area (Å²) >= 11 is 0. The standard InChI is InChI=1S/C54H65NO14/c1-28(2)14-13-21-52(9)22-20-35-44(67-52)34(18-17-29(3)4)46-39(45(35)66-50-43(60)42(59)41(58)37(26-56)65-50)40(57)36-24-33-25-38-51(7,8)69-53(47(33)61,54(36,38)68-46)23-19-30(5)48(62)55-31(6)49(63)64-27-32-15-11-10-12-16-32/h10-12,14-17,19-20,22,24,31,33,37-38,41-43,50,56,58-60H,13,18,21,23,25-27H2,1-9H3,(H,55,62)/t31?,33?,37-,38?,41-,42-,43-,50+,52?,53?,54?/m1/s1. The highest BCUT2D eigenvalue weighted by Crippen LogP contribution is 2.69. The zero-order valence-corrected chi connectivity index (χ0v) is 40.8. The lowest BCUT2D eigenvalue weighted by atomic mass is 9.51. The molecule has 2 aromatic rings. The summed E-state index contributed by atoms with van der Waals surface area (Å²) in [5.74, 6) is -3.04. The molecule has 4 heterocycles. The molecule has 5 N–H and O–H groups in total. The van der Waals surface area contributed by atoms with Crippen molar-refractivity contribution in [3.63, 3.8) is 0 Å². The van der Waals surface area contributed by atoms with Gasteiger partial charge in [0.05, 0.1) is 17.8 Å². The van der Waals surface area contributed by atoms with E-state index in [1.165, 1.54) is 6.92 Å². The second-order valence-electron chi connectivity index (χ2n) is 20.5. The van der Waals surface area contributed by atoms with Gasteiger partial charge in [-0.2, -0.15) is 0 Å². The fourth-order valence-electron chi connectivity index (χ4n) is 10.8. The van der Waals surface area contributed by atoms with Gasteiger partial charge >= 0.3 is 5.97 Å². The van der Waals surface area contributed by atoms with Crippen LogP contribution in [-0.4, -0.2) is 110 Å². The zero-order valence-electron chi connectivity index (χ0n) is 40.8. The van der Waals surface area contributed by atoms with Crippen LogP contribution in [0.2, 0.25) is 0 Å². The van der Waals surface area contributed by atoms with Gasteiger partial charge in [0.1, 0.15) is 65.5 Å². The molecule has 11 atom stereocenters. The Balaban J connectivity index is 1.24. The van der Waals surface area contributed by atoms with Gasteiger partial charge in [-0.1, -0.05) is 65.8 Å². The Kier molecular flexibility index (Phi) is 13.6. The molecule has 2 aromatic carbocycles. The minimum Gasteiger partial charge on any atom is -0.482 e. The molecule has 4 aliphatic heterocycles. The Morgan fingerprint density at radius 2 is 1.64 bits per heavy atom. The number of amides is 1. The quantitative estimate of drug-likeness (QED) is 0.0802. The van der Waals surface area contributed by atoms with Gasteiger partial charge in [-0.05, 0) is 106 Å². The lowest BCUT2D eigenvalue weighted by Crippen LogP contribution is -2.72. The highest BCUT2D eigenvalue weighted by atomic mass is 16.7. The highest BCUT2D eigenvalue weighted by Gasteiger charge is 2.81. The monoisotopic (exact) mass is 951 g/mol. The molecule has 7 aliphatic rings. The number of hydrogen-bond donors (Lipinski definition) is 5. The first kappa shape index (κ1) is 50.0. The topological polar surface area (TPSA) is 217 Å². The van der Waals surface area contributed by atoms with Crippen molar-refractivity contribution in [2.24, 2.45) is 11.8 Å². The second-order valence-corrected chi connectivity index (χ2v) is 20.5. The van der Waals surface area contributed by atoms with E-state index in [1.807, 2.05) is 91.0 Å². The molecule has 0 radical (unpaired) electrons. The first-order valence-corrected chi connectivity index (χ1v) is 23.8. The third-order valence-electron chi connectivity index (χ3n) is 14.5. The predicted octanol–water partition coefficient (Wildman–Crippen LogP) is 5.88. The molecule has 0 aromatic heterocycles. The van der Waals surface area contributed by atoms with Crippen molar-refractivity contribution in [1.29, 1.82) is 0 Å². The molecule has 1 saturated carbocycles. The van der Waals surface area contributed by atoms with Crippen molar-refractivity contribution in [3.8, 4) is 17.2 Å². The van der Waals surface area contributed by atoms with E-state index in [-0.39, 0.29) is 53.4 Å². The summed E-state index contributed by atoms with van der Waals surface area (Å²) in [7, 11) is 0. The number of allylic oxidation sites excluding steroid dienone is 5. The zero-order chi connectivity index (χ0) is 50.0. The van der Waals surface area contributed by atoms with Crippen LogP contribution in [0, 0.1) is 11.8 Å². The number of aliphatic hydroxyl groups is 4. The number of ether oxygens (including phenoxy) is 6. The molecular formula is C54H65NO14. The van der Waals surface area contributed by atoms with Crippen LogP contribution in [-0.2, 0) is 41.6 Å². The maximum absolute atomic E-state index is 15.8. The minimum atomic E-state index is -1.82. The van der Waals surface area contributed by atoms with Crippen LogP contribution in [0.4, 0.5) is 0 Å². The predicted molar refractivity (Wildman–Crippen MR) is 253 cm³/mol. The van der Waals surface area contributed by atoms with Gasteiger partial charge < -0.3 is 54.2 Å². The maximum Gasteiger partial charge on any atom is 0.328 e. The molecule has 15 nitrogen and oxygen atoms in total. The molecule has 15 heteroatoms. The fraction of sp³-hybridized carbons (Fsp3) is 0.519. The third-order valence-corrected chi connectivity index (χ3v) is 14.5. The summed E-state index contributed by atoms with van der Waals surface area (Å²) in [6.07, 6.45) is 4.37. The largest absolute Gasteiger partial charge is 0.482 e. The average molecular weight is 952 g/mol. The average Bonchev–Trinajstić information content (AvgIpc) is 3.46. The number of fused-ring (bicyclic) bond motifs is 2. The van der Waals surface area contributed by atoms with Crippen LogP contribution in [0.5, 0.6) is 17.2 Å². The minimum absolute atomic E-state index is 0.0345. The molecule has 1 spiro atoms. The van der Waals surface area contributed by atoms with Gasteiger partial charge in [-0.15, -0.1) is 0 Å². The van der Waals surface area contributed by atoms with Crippen molar-refractivity contribution in [3.05, 3.63) is 105 Å². The van der Waals surface area contributed by atoms with E-state index >= 15 is 9.59 Å². The molecule has 3 aliphatic carbocycles. The lowest BCUT2D eigenvalue weighted by molar-refractivity contribution is -0.277. The third kappa shape index (κ3) is 8.69. The number of carbonyl (C=O) groups is 4. The number of hydrogen-bond acceptors (Lipinski definition) is 14. The molecule has 3 fully saturated rings. The normalized spacial score (nSPS) is 31.8. The SMILES string of the molecule is CC(C)=CCCC1(C)C=Cc2c(c(CC=C(C)C)c3c(c2O[C@@H]2O[C@H](CO)[C@@H](O)[C@@H](O)[C@H]2O)C(=O)C2=CC4CC5C(C)(C)OC(CC=C(C)C(=O)NC(C)C(=O)OCc6ccccc6)(C4=O)C25O3)O1. The summed E-state index contributed by atoms with van der Waals surface area (Å²) in [4.78, 5) is 57.6. The van der Waals surface area contributed by atoms with Crippen molar-refractivity contribution < 1.29 is 68.0 Å². The van der Waals surface area contributed by atoms with Crippen molar-refractivity contribution in [2.45, 2.75) is 160 Å². The van der Waals surface area contributed by atoms with Crippen molar-refractivity contribution in [2.75, 3.05) is 6.61 Å². The highest BCUT2D eigenvalue weighted by molar-refractivity contribution is 6.19. The Morgan fingerprint density at radius 1 is 0.928 bits per heavy atom. The van der Waals surface area contributed by atoms with Gasteiger partial charge in [0.2, 0.25) is 12.2 Å². The Labute approximate surface area is 402 Å². The van der Waals surface area contributed by atoms with E-state index in [4.69, 9.17) is 28.4 Å². The molecule has 370 valence electrons. The van der Waals surface area contributed by atoms with Gasteiger partial charge in [0, 0.05) is 35.0 Å². The summed E-state index contributed by atoms with van der Waals surface area (Å²) in [5.41, 5.74) is -1.37. The van der Waals surface area contributed by atoms with Gasteiger partial charge in [-0.25, -0.2) is 4.79 Å². The summed E-state index contributed by atoms with van der Waals surface area (Å²) < 4.78 is 39.3. The molecule has 69 heavy (non-hydrogen) atoms. The van der Waals surface area contributed by atoms with E-state index in [9.17, 15) is 30.0 Å². The number of Topliss-reactive ketones (excluding diaryl/α,β-unsaturated/α-hetero) is 2. The van der Waals surface area contributed by atoms with Crippen LogP contribution in [0.1, 0.15) is 115 Å². The van der Waals surface area contributed by atoms with Crippen LogP contribution in [0.15, 0.2) is 83.0 Å². The number of carbonyl (C=O) groups excluding carboxylic acids is 4.